The third-order valence-electron chi connectivity index (χ3n) is 2.63. The molecule has 0 saturated heterocycles. The maximum absolute atomic E-state index is 11.5. The van der Waals surface area contributed by atoms with E-state index in [9.17, 15) is 14.4 Å². The molecular formula is C11H18N2O5. The molecule has 1 fully saturated rings. The van der Waals surface area contributed by atoms with Crippen molar-refractivity contribution in [1.29, 1.82) is 0 Å². The quantitative estimate of drug-likeness (QED) is 0.586. The SMILES string of the molecule is CCOC(=O)C(C)NC(=O)NC(C(=O)O)C1CC1. The molecule has 0 aromatic carbocycles. The number of aliphatic carboxylic acids is 1. The van der Waals surface area contributed by atoms with Crippen LogP contribution in [0.15, 0.2) is 0 Å². The topological polar surface area (TPSA) is 105 Å². The van der Waals surface area contributed by atoms with Crippen molar-refractivity contribution in [3.8, 4) is 0 Å². The van der Waals surface area contributed by atoms with Crippen LogP contribution in [-0.4, -0.2) is 41.8 Å². The van der Waals surface area contributed by atoms with Crippen LogP contribution < -0.4 is 10.6 Å². The maximum atomic E-state index is 11.5. The van der Waals surface area contributed by atoms with Gasteiger partial charge in [-0.25, -0.2) is 14.4 Å². The number of ether oxygens (including phenoxy) is 1. The summed E-state index contributed by atoms with van der Waals surface area (Å²) in [5.74, 6) is -1.62. The van der Waals surface area contributed by atoms with Crippen molar-refractivity contribution in [2.24, 2.45) is 5.92 Å². The van der Waals surface area contributed by atoms with E-state index in [4.69, 9.17) is 9.84 Å². The summed E-state index contributed by atoms with van der Waals surface area (Å²) >= 11 is 0. The van der Waals surface area contributed by atoms with Crippen LogP contribution in [0.25, 0.3) is 0 Å². The van der Waals surface area contributed by atoms with Gasteiger partial charge in [-0.1, -0.05) is 0 Å². The highest BCUT2D eigenvalue weighted by molar-refractivity contribution is 5.86. The summed E-state index contributed by atoms with van der Waals surface area (Å²) < 4.78 is 4.72. The third-order valence-corrected chi connectivity index (χ3v) is 2.63. The molecule has 1 rings (SSSR count). The van der Waals surface area contributed by atoms with E-state index in [1.54, 1.807) is 6.92 Å². The fraction of sp³-hybridized carbons (Fsp3) is 0.727. The lowest BCUT2D eigenvalue weighted by molar-refractivity contribution is -0.144. The van der Waals surface area contributed by atoms with E-state index < -0.39 is 30.1 Å². The van der Waals surface area contributed by atoms with Crippen LogP contribution in [0.1, 0.15) is 26.7 Å². The molecule has 1 aliphatic carbocycles. The maximum Gasteiger partial charge on any atom is 0.328 e. The Bertz CT molecular complexity index is 340. The van der Waals surface area contributed by atoms with Crippen LogP contribution in [0.3, 0.4) is 0 Å². The number of carbonyl (C=O) groups is 3. The van der Waals surface area contributed by atoms with Gasteiger partial charge in [0.2, 0.25) is 0 Å². The number of amides is 2. The zero-order valence-corrected chi connectivity index (χ0v) is 10.4. The van der Waals surface area contributed by atoms with E-state index in [1.807, 2.05) is 0 Å². The predicted octanol–water partition coefficient (Wildman–Crippen LogP) is 0.100. The summed E-state index contributed by atoms with van der Waals surface area (Å²) in [7, 11) is 0. The largest absolute Gasteiger partial charge is 0.480 e. The Morgan fingerprint density at radius 2 is 1.94 bits per heavy atom. The first-order chi connectivity index (χ1) is 8.45. The molecule has 2 amide bonds. The van der Waals surface area contributed by atoms with Gasteiger partial charge < -0.3 is 20.5 Å². The Morgan fingerprint density at radius 1 is 1.33 bits per heavy atom. The number of nitrogens with one attached hydrogen (secondary N) is 2. The second kappa shape index (κ2) is 6.23. The van der Waals surface area contributed by atoms with Crippen molar-refractivity contribution < 1.29 is 24.2 Å². The van der Waals surface area contributed by atoms with Gasteiger partial charge in [-0.3, -0.25) is 0 Å². The van der Waals surface area contributed by atoms with Gasteiger partial charge in [0.25, 0.3) is 0 Å². The van der Waals surface area contributed by atoms with Gasteiger partial charge in [0.15, 0.2) is 0 Å². The molecule has 0 aliphatic heterocycles. The molecule has 0 radical (unpaired) electrons. The van der Waals surface area contributed by atoms with E-state index >= 15 is 0 Å². The smallest absolute Gasteiger partial charge is 0.328 e. The van der Waals surface area contributed by atoms with E-state index in [1.165, 1.54) is 6.92 Å². The molecule has 0 heterocycles. The summed E-state index contributed by atoms with van der Waals surface area (Å²) in [6.07, 6.45) is 1.59. The zero-order valence-electron chi connectivity index (χ0n) is 10.4. The molecule has 0 aromatic heterocycles. The number of hydrogen-bond acceptors (Lipinski definition) is 4. The highest BCUT2D eigenvalue weighted by Crippen LogP contribution is 2.32. The molecule has 2 atom stereocenters. The van der Waals surface area contributed by atoms with Gasteiger partial charge in [0.05, 0.1) is 6.61 Å². The molecule has 7 nitrogen and oxygen atoms in total. The lowest BCUT2D eigenvalue weighted by atomic mass is 10.2. The normalized spacial score (nSPS) is 17.4. The van der Waals surface area contributed by atoms with Crippen LogP contribution in [0.2, 0.25) is 0 Å². The van der Waals surface area contributed by atoms with E-state index in [2.05, 4.69) is 10.6 Å². The monoisotopic (exact) mass is 258 g/mol. The Balaban J connectivity index is 2.40. The molecule has 7 heteroatoms. The van der Waals surface area contributed by atoms with Crippen molar-refractivity contribution in [3.05, 3.63) is 0 Å². The Labute approximate surface area is 105 Å². The minimum absolute atomic E-state index is 0.00819. The fourth-order valence-corrected chi connectivity index (χ4v) is 1.52. The number of carbonyl (C=O) groups excluding carboxylic acids is 2. The van der Waals surface area contributed by atoms with E-state index in [0.29, 0.717) is 0 Å². The molecule has 3 N–H and O–H groups in total. The van der Waals surface area contributed by atoms with Crippen molar-refractivity contribution in [2.75, 3.05) is 6.61 Å². The Hall–Kier alpha value is -1.79. The van der Waals surface area contributed by atoms with E-state index in [0.717, 1.165) is 12.8 Å². The van der Waals surface area contributed by atoms with Crippen LogP contribution in [0.4, 0.5) is 4.79 Å². The number of carboxylic acid groups (broad SMARTS) is 1. The van der Waals surface area contributed by atoms with Gasteiger partial charge in [0.1, 0.15) is 12.1 Å². The van der Waals surface area contributed by atoms with Crippen LogP contribution in [-0.2, 0) is 14.3 Å². The van der Waals surface area contributed by atoms with Gasteiger partial charge in [-0.05, 0) is 32.6 Å². The standard InChI is InChI=1S/C11H18N2O5/c1-3-18-10(16)6(2)12-11(17)13-8(9(14)15)7-4-5-7/h6-8H,3-5H2,1-2H3,(H,14,15)(H2,12,13,17). The zero-order chi connectivity index (χ0) is 13.7. The summed E-state index contributed by atoms with van der Waals surface area (Å²) in [5, 5.41) is 13.6. The first-order valence-corrected chi connectivity index (χ1v) is 5.92. The van der Waals surface area contributed by atoms with Gasteiger partial charge in [-0.15, -0.1) is 0 Å². The minimum Gasteiger partial charge on any atom is -0.480 e. The molecule has 2 unspecified atom stereocenters. The molecule has 1 saturated carbocycles. The van der Waals surface area contributed by atoms with Crippen molar-refractivity contribution in [1.82, 2.24) is 10.6 Å². The van der Waals surface area contributed by atoms with Gasteiger partial charge >= 0.3 is 18.0 Å². The lowest BCUT2D eigenvalue weighted by Crippen LogP contribution is -2.51. The average Bonchev–Trinajstić information content (AvgIpc) is 3.09. The summed E-state index contributed by atoms with van der Waals surface area (Å²) in [6.45, 7) is 3.37. The number of esters is 1. The highest BCUT2D eigenvalue weighted by Gasteiger charge is 2.37. The molecule has 0 bridgehead atoms. The number of rotatable bonds is 6. The highest BCUT2D eigenvalue weighted by atomic mass is 16.5. The van der Waals surface area contributed by atoms with Gasteiger partial charge in [-0.2, -0.15) is 0 Å². The number of carboxylic acids is 1. The van der Waals surface area contributed by atoms with E-state index in [-0.39, 0.29) is 12.5 Å². The third kappa shape index (κ3) is 4.23. The molecule has 0 spiro atoms. The molecular weight excluding hydrogens is 240 g/mol. The summed E-state index contributed by atoms with van der Waals surface area (Å²) in [6, 6.07) is -2.37. The number of hydrogen-bond donors (Lipinski definition) is 3. The summed E-state index contributed by atoms with van der Waals surface area (Å²) in [5.41, 5.74) is 0. The van der Waals surface area contributed by atoms with Crippen molar-refractivity contribution >= 4 is 18.0 Å². The molecule has 1 aliphatic rings. The molecule has 0 aromatic rings. The molecule has 102 valence electrons. The van der Waals surface area contributed by atoms with Crippen LogP contribution in [0.5, 0.6) is 0 Å². The van der Waals surface area contributed by atoms with Gasteiger partial charge in [0, 0.05) is 0 Å². The Kier molecular flexibility index (Phi) is 4.94. The first-order valence-electron chi connectivity index (χ1n) is 5.92. The minimum atomic E-state index is -1.06. The van der Waals surface area contributed by atoms with Crippen LogP contribution >= 0.6 is 0 Å². The number of urea groups is 1. The average molecular weight is 258 g/mol. The Morgan fingerprint density at radius 3 is 2.39 bits per heavy atom. The second-order valence-electron chi connectivity index (χ2n) is 4.24. The van der Waals surface area contributed by atoms with Crippen molar-refractivity contribution in [3.63, 3.8) is 0 Å². The lowest BCUT2D eigenvalue weighted by Gasteiger charge is -2.17. The second-order valence-corrected chi connectivity index (χ2v) is 4.24. The summed E-state index contributed by atoms with van der Waals surface area (Å²) in [4.78, 5) is 33.7. The first kappa shape index (κ1) is 14.3. The predicted molar refractivity (Wildman–Crippen MR) is 61.9 cm³/mol. The van der Waals surface area contributed by atoms with Crippen LogP contribution in [0, 0.1) is 5.92 Å². The van der Waals surface area contributed by atoms with Crippen molar-refractivity contribution in [2.45, 2.75) is 38.8 Å². The molecule has 18 heavy (non-hydrogen) atoms. The fourth-order valence-electron chi connectivity index (χ4n) is 1.52.